The third-order valence-corrected chi connectivity index (χ3v) is 3.60. The number of benzene rings is 2. The maximum absolute atomic E-state index is 9.00. The molecular weight excluding hydrogens is 316 g/mol. The number of aliphatic hydroxyl groups is 1. The number of halogens is 1. The van der Waals surface area contributed by atoms with Crippen molar-refractivity contribution in [2.45, 2.75) is 19.3 Å². The van der Waals surface area contributed by atoms with Crippen molar-refractivity contribution in [2.24, 2.45) is 0 Å². The Morgan fingerprint density at radius 1 is 0.957 bits per heavy atom. The maximum Gasteiger partial charge on any atom is 0.119 e. The molecule has 4 nitrogen and oxygen atoms in total. The molecule has 0 aromatic heterocycles. The molecule has 23 heavy (non-hydrogen) atoms. The lowest BCUT2D eigenvalue weighted by atomic mass is 10.2. The van der Waals surface area contributed by atoms with E-state index in [9.17, 15) is 0 Å². The summed E-state index contributed by atoms with van der Waals surface area (Å²) in [6.07, 6.45) is -0.281. The highest BCUT2D eigenvalue weighted by atomic mass is 35.5. The number of methoxy groups -OCH3 is 1. The van der Waals surface area contributed by atoms with Gasteiger partial charge in [-0.1, -0.05) is 35.9 Å². The minimum absolute atomic E-state index is 0.0476. The van der Waals surface area contributed by atoms with Crippen LogP contribution in [0.4, 0.5) is 0 Å². The van der Waals surface area contributed by atoms with Gasteiger partial charge in [0.05, 0.1) is 19.8 Å². The van der Waals surface area contributed by atoms with Gasteiger partial charge < -0.3 is 19.3 Å². The summed E-state index contributed by atoms with van der Waals surface area (Å²) in [5.41, 5.74) is 2.10. The van der Waals surface area contributed by atoms with Crippen molar-refractivity contribution in [3.8, 4) is 5.75 Å². The van der Waals surface area contributed by atoms with Crippen molar-refractivity contribution >= 4 is 11.6 Å². The van der Waals surface area contributed by atoms with E-state index in [-0.39, 0.29) is 12.7 Å². The lowest BCUT2D eigenvalue weighted by Gasteiger charge is -2.12. The van der Waals surface area contributed by atoms with Gasteiger partial charge in [0, 0.05) is 12.1 Å². The van der Waals surface area contributed by atoms with E-state index in [1.165, 1.54) is 0 Å². The number of ether oxygens (including phenoxy) is 3. The quantitative estimate of drug-likeness (QED) is 0.762. The number of hydrogen-bond donors (Lipinski definition) is 1. The average molecular weight is 337 g/mol. The lowest BCUT2D eigenvalue weighted by Crippen LogP contribution is -2.22. The highest BCUT2D eigenvalue weighted by molar-refractivity contribution is 6.30. The first-order valence-corrected chi connectivity index (χ1v) is 7.76. The largest absolute Gasteiger partial charge is 0.489 e. The van der Waals surface area contributed by atoms with Crippen molar-refractivity contribution in [1.29, 1.82) is 0 Å². The molecule has 0 aliphatic rings. The first kappa shape index (κ1) is 17.8. The Morgan fingerprint density at radius 2 is 1.57 bits per heavy atom. The molecule has 0 bridgehead atoms. The Balaban J connectivity index is 1.76. The number of hydrogen-bond acceptors (Lipinski definition) is 4. The van der Waals surface area contributed by atoms with Crippen LogP contribution in [0.25, 0.3) is 0 Å². The normalized spacial score (nSPS) is 12.1. The highest BCUT2D eigenvalue weighted by Gasteiger charge is 2.05. The predicted octanol–water partition coefficient (Wildman–Crippen LogP) is 3.44. The van der Waals surface area contributed by atoms with Gasteiger partial charge in [0.2, 0.25) is 0 Å². The predicted molar refractivity (Wildman–Crippen MR) is 89.8 cm³/mol. The van der Waals surface area contributed by atoms with Crippen LogP contribution in [0, 0.1) is 0 Å². The molecule has 0 saturated carbocycles. The Hall–Kier alpha value is -1.59. The van der Waals surface area contributed by atoms with Crippen LogP contribution in [0.15, 0.2) is 48.5 Å². The zero-order valence-corrected chi connectivity index (χ0v) is 13.8. The van der Waals surface area contributed by atoms with E-state index >= 15 is 0 Å². The van der Waals surface area contributed by atoms with Crippen LogP contribution in [0.2, 0.25) is 5.02 Å². The van der Waals surface area contributed by atoms with Crippen LogP contribution in [-0.4, -0.2) is 31.5 Å². The molecule has 5 heteroatoms. The van der Waals surface area contributed by atoms with Gasteiger partial charge in [-0.15, -0.1) is 0 Å². The molecule has 0 heterocycles. The molecule has 124 valence electrons. The summed E-state index contributed by atoms with van der Waals surface area (Å²) >= 11 is 5.85. The molecule has 0 fully saturated rings. The summed E-state index contributed by atoms with van der Waals surface area (Å²) < 4.78 is 16.3. The van der Waals surface area contributed by atoms with Crippen LogP contribution in [0.1, 0.15) is 11.1 Å². The molecule has 0 radical (unpaired) electrons. The van der Waals surface area contributed by atoms with Gasteiger partial charge in [-0.25, -0.2) is 0 Å². The lowest BCUT2D eigenvalue weighted by molar-refractivity contribution is -0.0248. The van der Waals surface area contributed by atoms with E-state index in [0.29, 0.717) is 19.8 Å². The second-order valence-electron chi connectivity index (χ2n) is 5.11. The molecule has 0 saturated heterocycles. The molecule has 2 aromatic carbocycles. The standard InChI is InChI=1S/C18H21ClO4/c1-21-18(10-20)13-22-11-14-4-8-17(9-5-14)23-12-15-2-6-16(19)7-3-15/h2-9,18,20H,10-13H2,1H3. The van der Waals surface area contributed by atoms with Gasteiger partial charge in [-0.2, -0.15) is 0 Å². The van der Waals surface area contributed by atoms with Gasteiger partial charge in [-0.05, 0) is 35.4 Å². The minimum atomic E-state index is -0.281. The first-order chi connectivity index (χ1) is 11.2. The summed E-state index contributed by atoms with van der Waals surface area (Å²) in [5, 5.41) is 9.72. The van der Waals surface area contributed by atoms with Crippen LogP contribution >= 0.6 is 11.6 Å². The van der Waals surface area contributed by atoms with E-state index in [1.54, 1.807) is 7.11 Å². The molecule has 1 unspecified atom stereocenters. The van der Waals surface area contributed by atoms with Gasteiger partial charge in [0.1, 0.15) is 18.5 Å². The summed E-state index contributed by atoms with van der Waals surface area (Å²) in [5.74, 6) is 0.800. The smallest absolute Gasteiger partial charge is 0.119 e. The van der Waals surface area contributed by atoms with Gasteiger partial charge in [0.15, 0.2) is 0 Å². The number of aliphatic hydroxyl groups excluding tert-OH is 1. The average Bonchev–Trinajstić information content (AvgIpc) is 2.59. The van der Waals surface area contributed by atoms with Crippen LogP contribution < -0.4 is 4.74 Å². The zero-order chi connectivity index (χ0) is 16.5. The Labute approximate surface area is 141 Å². The minimum Gasteiger partial charge on any atom is -0.489 e. The van der Waals surface area contributed by atoms with Crippen molar-refractivity contribution in [3.05, 3.63) is 64.7 Å². The van der Waals surface area contributed by atoms with Crippen LogP contribution in [0.3, 0.4) is 0 Å². The fourth-order valence-electron chi connectivity index (χ4n) is 1.93. The van der Waals surface area contributed by atoms with E-state index in [2.05, 4.69) is 0 Å². The second kappa shape index (κ2) is 9.53. The topological polar surface area (TPSA) is 47.9 Å². The van der Waals surface area contributed by atoms with E-state index in [0.717, 1.165) is 21.9 Å². The van der Waals surface area contributed by atoms with Gasteiger partial charge in [0.25, 0.3) is 0 Å². The summed E-state index contributed by atoms with van der Waals surface area (Å²) in [6.45, 7) is 1.28. The molecule has 2 rings (SSSR count). The van der Waals surface area contributed by atoms with Crippen LogP contribution in [-0.2, 0) is 22.7 Å². The SMILES string of the molecule is COC(CO)COCc1ccc(OCc2ccc(Cl)cc2)cc1. The number of rotatable bonds is 9. The van der Waals surface area contributed by atoms with Crippen molar-refractivity contribution in [3.63, 3.8) is 0 Å². The van der Waals surface area contributed by atoms with E-state index < -0.39 is 0 Å². The molecule has 0 aliphatic carbocycles. The molecule has 0 spiro atoms. The van der Waals surface area contributed by atoms with Crippen LogP contribution in [0.5, 0.6) is 5.75 Å². The summed E-state index contributed by atoms with van der Waals surface area (Å²) in [4.78, 5) is 0. The Kier molecular flexibility index (Phi) is 7.36. The molecule has 2 aromatic rings. The van der Waals surface area contributed by atoms with Gasteiger partial charge in [-0.3, -0.25) is 0 Å². The van der Waals surface area contributed by atoms with E-state index in [4.69, 9.17) is 30.9 Å². The Bertz CT molecular complexity index is 565. The first-order valence-electron chi connectivity index (χ1n) is 7.39. The Morgan fingerprint density at radius 3 is 2.17 bits per heavy atom. The molecular formula is C18H21ClO4. The van der Waals surface area contributed by atoms with Crippen molar-refractivity contribution < 1.29 is 19.3 Å². The van der Waals surface area contributed by atoms with Crippen molar-refractivity contribution in [1.82, 2.24) is 0 Å². The zero-order valence-electron chi connectivity index (χ0n) is 13.1. The highest BCUT2D eigenvalue weighted by Crippen LogP contribution is 2.16. The fourth-order valence-corrected chi connectivity index (χ4v) is 2.06. The van der Waals surface area contributed by atoms with Crippen molar-refractivity contribution in [2.75, 3.05) is 20.3 Å². The molecule has 1 N–H and O–H groups in total. The summed E-state index contributed by atoms with van der Waals surface area (Å²) in [7, 11) is 1.55. The second-order valence-corrected chi connectivity index (χ2v) is 5.55. The summed E-state index contributed by atoms with van der Waals surface area (Å²) in [6, 6.07) is 15.3. The third kappa shape index (κ3) is 6.20. The van der Waals surface area contributed by atoms with E-state index in [1.807, 2.05) is 48.5 Å². The fraction of sp³-hybridized carbons (Fsp3) is 0.333. The third-order valence-electron chi connectivity index (χ3n) is 3.35. The molecule has 0 amide bonds. The molecule has 1 atom stereocenters. The maximum atomic E-state index is 9.00. The monoisotopic (exact) mass is 336 g/mol. The van der Waals surface area contributed by atoms with Gasteiger partial charge >= 0.3 is 0 Å². The molecule has 0 aliphatic heterocycles.